The van der Waals surface area contributed by atoms with Gasteiger partial charge < -0.3 is 15.0 Å². The van der Waals surface area contributed by atoms with Crippen LogP contribution in [0.4, 0.5) is 8.78 Å². The summed E-state index contributed by atoms with van der Waals surface area (Å²) < 4.78 is 31.4. The molecule has 2 aromatic rings. The molecule has 138 valence electrons. The van der Waals surface area contributed by atoms with E-state index in [0.29, 0.717) is 0 Å². The van der Waals surface area contributed by atoms with Gasteiger partial charge >= 0.3 is 0 Å². The summed E-state index contributed by atoms with van der Waals surface area (Å²) in [4.78, 5) is 26.0. The lowest BCUT2D eigenvalue weighted by Crippen LogP contribution is -2.40. The number of halogens is 2. The topological polar surface area (TPSA) is 58.6 Å². The van der Waals surface area contributed by atoms with Gasteiger partial charge in [0.15, 0.2) is 0 Å². The van der Waals surface area contributed by atoms with Crippen molar-refractivity contribution in [2.24, 2.45) is 0 Å². The molecule has 0 aliphatic heterocycles. The fourth-order valence-corrected chi connectivity index (χ4v) is 2.38. The molecule has 0 fully saturated rings. The highest BCUT2D eigenvalue weighted by molar-refractivity contribution is 5.98. The lowest BCUT2D eigenvalue weighted by atomic mass is 10.1. The first-order chi connectivity index (χ1) is 12.4. The quantitative estimate of drug-likeness (QED) is 0.824. The third kappa shape index (κ3) is 5.02. The Morgan fingerprint density at radius 1 is 1.08 bits per heavy atom. The Morgan fingerprint density at radius 2 is 1.73 bits per heavy atom. The molecule has 0 unspecified atom stereocenters. The summed E-state index contributed by atoms with van der Waals surface area (Å²) in [5, 5.41) is 2.67. The van der Waals surface area contributed by atoms with Gasteiger partial charge in [-0.1, -0.05) is 12.1 Å². The Labute approximate surface area is 150 Å². The monoisotopic (exact) mass is 362 g/mol. The van der Waals surface area contributed by atoms with Crippen LogP contribution in [0, 0.1) is 11.6 Å². The van der Waals surface area contributed by atoms with Gasteiger partial charge in [0.2, 0.25) is 5.91 Å². The number of rotatable bonds is 7. The molecule has 0 aromatic heterocycles. The molecule has 0 atom stereocenters. The normalized spacial score (nSPS) is 10.3. The van der Waals surface area contributed by atoms with Crippen LogP contribution in [0.5, 0.6) is 5.75 Å². The predicted molar refractivity (Wildman–Crippen MR) is 92.8 cm³/mol. The Hall–Kier alpha value is -2.96. The molecule has 0 saturated carbocycles. The number of methoxy groups -OCH3 is 1. The van der Waals surface area contributed by atoms with E-state index in [4.69, 9.17) is 4.74 Å². The molecule has 0 aliphatic rings. The van der Waals surface area contributed by atoms with E-state index in [1.165, 1.54) is 36.3 Å². The average Bonchev–Trinajstić information content (AvgIpc) is 2.65. The van der Waals surface area contributed by atoms with Gasteiger partial charge in [0.25, 0.3) is 5.91 Å². The number of nitrogens with zero attached hydrogens (tertiary/aromatic N) is 1. The van der Waals surface area contributed by atoms with Gasteiger partial charge in [-0.25, -0.2) is 8.78 Å². The second kappa shape index (κ2) is 8.94. The Kier molecular flexibility index (Phi) is 6.66. The fourth-order valence-electron chi connectivity index (χ4n) is 2.38. The highest BCUT2D eigenvalue weighted by Crippen LogP contribution is 2.21. The van der Waals surface area contributed by atoms with E-state index >= 15 is 0 Å². The van der Waals surface area contributed by atoms with E-state index in [1.807, 2.05) is 0 Å². The van der Waals surface area contributed by atoms with Gasteiger partial charge in [0, 0.05) is 13.1 Å². The summed E-state index contributed by atoms with van der Waals surface area (Å²) >= 11 is 0. The number of hydrogen-bond donors (Lipinski definition) is 1. The molecule has 2 aromatic carbocycles. The molecule has 26 heavy (non-hydrogen) atoms. The fraction of sp³-hybridized carbons (Fsp3) is 0.263. The van der Waals surface area contributed by atoms with Gasteiger partial charge in [0.1, 0.15) is 17.4 Å². The molecule has 0 bridgehead atoms. The van der Waals surface area contributed by atoms with Crippen LogP contribution in [0.1, 0.15) is 22.8 Å². The Balaban J connectivity index is 2.01. The zero-order valence-corrected chi connectivity index (χ0v) is 14.6. The van der Waals surface area contributed by atoms with E-state index in [-0.39, 0.29) is 42.7 Å². The number of ether oxygens (including phenoxy) is 1. The third-order valence-corrected chi connectivity index (χ3v) is 3.80. The summed E-state index contributed by atoms with van der Waals surface area (Å²) in [7, 11) is 1.38. The van der Waals surface area contributed by atoms with Crippen molar-refractivity contribution in [2.75, 3.05) is 20.2 Å². The first-order valence-electron chi connectivity index (χ1n) is 8.08. The average molecular weight is 362 g/mol. The van der Waals surface area contributed by atoms with E-state index < -0.39 is 11.7 Å². The van der Waals surface area contributed by atoms with Crippen molar-refractivity contribution in [1.29, 1.82) is 0 Å². The van der Waals surface area contributed by atoms with Crippen molar-refractivity contribution in [3.63, 3.8) is 0 Å². The van der Waals surface area contributed by atoms with Gasteiger partial charge in [-0.05, 0) is 42.8 Å². The predicted octanol–water partition coefficient (Wildman–Crippen LogP) is 2.75. The maximum Gasteiger partial charge on any atom is 0.258 e. The van der Waals surface area contributed by atoms with Crippen LogP contribution < -0.4 is 10.1 Å². The molecule has 1 N–H and O–H groups in total. The van der Waals surface area contributed by atoms with E-state index in [9.17, 15) is 18.4 Å². The Bertz CT molecular complexity index is 779. The van der Waals surface area contributed by atoms with Crippen LogP contribution in [0.3, 0.4) is 0 Å². The third-order valence-electron chi connectivity index (χ3n) is 3.80. The number of amides is 2. The molecule has 0 saturated heterocycles. The number of carbonyl (C=O) groups excluding carboxylic acids is 2. The molecule has 2 amide bonds. The van der Waals surface area contributed by atoms with E-state index in [1.54, 1.807) is 19.1 Å². The van der Waals surface area contributed by atoms with Gasteiger partial charge in [0.05, 0.1) is 19.2 Å². The molecule has 0 heterocycles. The number of likely N-dealkylation sites (N-methyl/N-ethyl adjacent to an activating group) is 1. The van der Waals surface area contributed by atoms with Crippen molar-refractivity contribution in [2.45, 2.75) is 13.5 Å². The minimum absolute atomic E-state index is 0.0562. The molecular weight excluding hydrogens is 342 g/mol. The Morgan fingerprint density at radius 3 is 2.35 bits per heavy atom. The first-order valence-corrected chi connectivity index (χ1v) is 8.08. The molecule has 0 spiro atoms. The van der Waals surface area contributed by atoms with Crippen LogP contribution >= 0.6 is 0 Å². The van der Waals surface area contributed by atoms with Gasteiger partial charge in [-0.15, -0.1) is 0 Å². The van der Waals surface area contributed by atoms with Crippen molar-refractivity contribution in [1.82, 2.24) is 10.2 Å². The number of benzene rings is 2. The molecule has 5 nitrogen and oxygen atoms in total. The maximum atomic E-state index is 13.5. The highest BCUT2D eigenvalue weighted by atomic mass is 19.1. The van der Waals surface area contributed by atoms with Gasteiger partial charge in [-0.2, -0.15) is 0 Å². The number of carbonyl (C=O) groups is 2. The van der Waals surface area contributed by atoms with Crippen LogP contribution in [0.2, 0.25) is 0 Å². The minimum atomic E-state index is -0.564. The molecule has 0 aliphatic carbocycles. The zero-order valence-electron chi connectivity index (χ0n) is 14.6. The lowest BCUT2D eigenvalue weighted by Gasteiger charge is -2.21. The number of nitrogens with one attached hydrogen (secondary N) is 1. The van der Waals surface area contributed by atoms with Crippen molar-refractivity contribution < 1.29 is 23.1 Å². The largest absolute Gasteiger partial charge is 0.496 e. The van der Waals surface area contributed by atoms with Crippen LogP contribution in [-0.4, -0.2) is 36.9 Å². The van der Waals surface area contributed by atoms with E-state index in [2.05, 4.69) is 5.32 Å². The van der Waals surface area contributed by atoms with Crippen molar-refractivity contribution >= 4 is 11.8 Å². The second-order valence-electron chi connectivity index (χ2n) is 5.57. The summed E-state index contributed by atoms with van der Waals surface area (Å²) in [5.74, 6) is -1.56. The summed E-state index contributed by atoms with van der Waals surface area (Å²) in [6, 6.07) is 9.39. The van der Waals surface area contributed by atoms with Crippen molar-refractivity contribution in [3.8, 4) is 5.75 Å². The molecular formula is C19H20F2N2O3. The zero-order chi connectivity index (χ0) is 19.1. The van der Waals surface area contributed by atoms with Crippen molar-refractivity contribution in [3.05, 3.63) is 65.2 Å². The summed E-state index contributed by atoms with van der Waals surface area (Å²) in [6.45, 7) is 2.02. The summed E-state index contributed by atoms with van der Waals surface area (Å²) in [5.41, 5.74) is 0.793. The van der Waals surface area contributed by atoms with Gasteiger partial charge in [-0.3, -0.25) is 9.59 Å². The molecule has 2 rings (SSSR count). The van der Waals surface area contributed by atoms with Crippen LogP contribution in [0.25, 0.3) is 0 Å². The molecule has 0 radical (unpaired) electrons. The maximum absolute atomic E-state index is 13.5. The van der Waals surface area contributed by atoms with E-state index in [0.717, 1.165) is 11.6 Å². The SMILES string of the molecule is CCN(CC(=O)NCc1ccc(F)cc1)C(=O)c1cc(F)ccc1OC. The standard InChI is InChI=1S/C19H20F2N2O3/c1-3-23(19(25)16-10-15(21)8-9-17(16)26-2)12-18(24)22-11-13-4-6-14(20)7-5-13/h4-10H,3,11-12H2,1-2H3,(H,22,24). The smallest absolute Gasteiger partial charge is 0.258 e. The second-order valence-corrected chi connectivity index (χ2v) is 5.57. The number of hydrogen-bond acceptors (Lipinski definition) is 3. The van der Waals surface area contributed by atoms with Crippen LogP contribution in [-0.2, 0) is 11.3 Å². The minimum Gasteiger partial charge on any atom is -0.496 e. The first kappa shape index (κ1) is 19.4. The van der Waals surface area contributed by atoms with Crippen LogP contribution in [0.15, 0.2) is 42.5 Å². The lowest BCUT2D eigenvalue weighted by molar-refractivity contribution is -0.121. The molecule has 7 heteroatoms. The summed E-state index contributed by atoms with van der Waals surface area (Å²) in [6.07, 6.45) is 0. The highest BCUT2D eigenvalue weighted by Gasteiger charge is 2.21.